The maximum atomic E-state index is 12.5. The van der Waals surface area contributed by atoms with Crippen molar-refractivity contribution in [3.63, 3.8) is 0 Å². The zero-order chi connectivity index (χ0) is 21.5. The Kier molecular flexibility index (Phi) is 7.92. The molecule has 162 valence electrons. The van der Waals surface area contributed by atoms with Crippen LogP contribution in [0.15, 0.2) is 48.5 Å². The maximum Gasteiger partial charge on any atom is 0.253 e. The molecule has 0 aromatic heterocycles. The van der Waals surface area contributed by atoms with Crippen LogP contribution in [0.25, 0.3) is 11.1 Å². The highest BCUT2D eigenvalue weighted by Gasteiger charge is 2.26. The van der Waals surface area contributed by atoms with Gasteiger partial charge >= 0.3 is 0 Å². The molecule has 1 fully saturated rings. The lowest BCUT2D eigenvalue weighted by Crippen LogP contribution is -2.34. The molecule has 0 N–H and O–H groups in total. The Morgan fingerprint density at radius 1 is 0.933 bits per heavy atom. The van der Waals surface area contributed by atoms with Crippen LogP contribution in [0.5, 0.6) is 5.75 Å². The molecule has 4 heteroatoms. The van der Waals surface area contributed by atoms with Crippen molar-refractivity contribution >= 4 is 5.91 Å². The maximum absolute atomic E-state index is 12.5. The lowest BCUT2D eigenvalue weighted by molar-refractivity contribution is 0.0773. The molecular formula is C26H36N2O2. The Balaban J connectivity index is 1.51. The van der Waals surface area contributed by atoms with Crippen LogP contribution in [0, 0.1) is 0 Å². The number of amides is 1. The zero-order valence-electron chi connectivity index (χ0n) is 18.9. The number of likely N-dealkylation sites (tertiary alicyclic amines) is 1. The third-order valence-electron chi connectivity index (χ3n) is 6.33. The van der Waals surface area contributed by atoms with Crippen LogP contribution in [0.2, 0.25) is 0 Å². The first-order valence-corrected chi connectivity index (χ1v) is 11.4. The molecule has 1 amide bonds. The second kappa shape index (κ2) is 10.6. The molecule has 0 aliphatic carbocycles. The van der Waals surface area contributed by atoms with E-state index in [1.807, 2.05) is 55.1 Å². The Hall–Kier alpha value is -2.33. The molecule has 30 heavy (non-hydrogen) atoms. The average Bonchev–Trinajstić information content (AvgIpc) is 3.10. The summed E-state index contributed by atoms with van der Waals surface area (Å²) in [4.78, 5) is 16.9. The third-order valence-corrected chi connectivity index (χ3v) is 6.33. The molecule has 3 rings (SSSR count). The lowest BCUT2D eigenvalue weighted by atomic mass is 10.0. The smallest absolute Gasteiger partial charge is 0.253 e. The molecule has 2 atom stereocenters. The molecule has 1 saturated heterocycles. The Morgan fingerprint density at radius 3 is 2.00 bits per heavy atom. The number of hydrogen-bond acceptors (Lipinski definition) is 3. The molecular weight excluding hydrogens is 372 g/mol. The molecule has 1 aliphatic rings. The summed E-state index contributed by atoms with van der Waals surface area (Å²) in [5, 5.41) is 0. The summed E-state index contributed by atoms with van der Waals surface area (Å²) >= 11 is 0. The van der Waals surface area contributed by atoms with Crippen LogP contribution in [0.4, 0.5) is 0 Å². The van der Waals surface area contributed by atoms with Gasteiger partial charge in [-0.1, -0.05) is 24.3 Å². The van der Waals surface area contributed by atoms with E-state index in [-0.39, 0.29) is 5.91 Å². The largest absolute Gasteiger partial charge is 0.494 e. The van der Waals surface area contributed by atoms with Crippen molar-refractivity contribution in [3.05, 3.63) is 54.1 Å². The van der Waals surface area contributed by atoms with E-state index >= 15 is 0 Å². The summed E-state index contributed by atoms with van der Waals surface area (Å²) in [5.74, 6) is 1.00. The summed E-state index contributed by atoms with van der Waals surface area (Å²) in [6.07, 6.45) is 3.68. The van der Waals surface area contributed by atoms with E-state index in [9.17, 15) is 4.79 Å². The molecule has 0 spiro atoms. The minimum atomic E-state index is 0.0908. The summed E-state index contributed by atoms with van der Waals surface area (Å²) in [6, 6.07) is 17.5. The highest BCUT2D eigenvalue weighted by atomic mass is 16.5. The summed E-state index contributed by atoms with van der Waals surface area (Å²) in [7, 11) is 0. The summed E-state index contributed by atoms with van der Waals surface area (Å²) in [6.45, 7) is 12.0. The van der Waals surface area contributed by atoms with Crippen LogP contribution in [-0.2, 0) is 0 Å². The van der Waals surface area contributed by atoms with Crippen molar-refractivity contribution in [2.24, 2.45) is 0 Å². The van der Waals surface area contributed by atoms with Crippen molar-refractivity contribution in [2.75, 3.05) is 26.2 Å². The molecule has 0 saturated carbocycles. The van der Waals surface area contributed by atoms with E-state index in [0.717, 1.165) is 55.1 Å². The number of carbonyl (C=O) groups is 1. The van der Waals surface area contributed by atoms with Gasteiger partial charge in [0.2, 0.25) is 0 Å². The quantitative estimate of drug-likeness (QED) is 0.515. The van der Waals surface area contributed by atoms with E-state index in [2.05, 4.69) is 30.9 Å². The second-order valence-electron chi connectivity index (χ2n) is 8.29. The Labute approximate surface area is 181 Å². The van der Waals surface area contributed by atoms with Crippen molar-refractivity contribution < 1.29 is 9.53 Å². The van der Waals surface area contributed by atoms with Crippen LogP contribution in [-0.4, -0.2) is 54.0 Å². The Morgan fingerprint density at radius 2 is 1.47 bits per heavy atom. The highest BCUT2D eigenvalue weighted by Crippen LogP contribution is 2.25. The van der Waals surface area contributed by atoms with Crippen LogP contribution in [0.3, 0.4) is 0 Å². The van der Waals surface area contributed by atoms with Gasteiger partial charge in [0.1, 0.15) is 5.75 Å². The second-order valence-corrected chi connectivity index (χ2v) is 8.29. The van der Waals surface area contributed by atoms with Gasteiger partial charge in [0.25, 0.3) is 5.91 Å². The number of hydrogen-bond donors (Lipinski definition) is 0. The van der Waals surface area contributed by atoms with Crippen LogP contribution >= 0.6 is 0 Å². The highest BCUT2D eigenvalue weighted by molar-refractivity contribution is 5.94. The first kappa shape index (κ1) is 22.4. The Bertz CT molecular complexity index is 787. The van der Waals surface area contributed by atoms with E-state index in [0.29, 0.717) is 12.1 Å². The number of nitrogens with zero attached hydrogens (tertiary/aromatic N) is 2. The van der Waals surface area contributed by atoms with Gasteiger partial charge in [-0.3, -0.25) is 9.69 Å². The summed E-state index contributed by atoms with van der Waals surface area (Å²) in [5.41, 5.74) is 2.97. The standard InChI is InChI=1S/C26H36N2O2/c1-5-27(6-2)26(29)24-12-10-22(11-13-24)23-14-16-25(17-15-23)30-19-7-18-28-20(3)8-9-21(28)4/h10-17,20-21H,5-9,18-19H2,1-4H3. The molecule has 0 radical (unpaired) electrons. The van der Waals surface area contributed by atoms with Gasteiger partial charge in [-0.15, -0.1) is 0 Å². The zero-order valence-corrected chi connectivity index (χ0v) is 18.9. The summed E-state index contributed by atoms with van der Waals surface area (Å²) < 4.78 is 5.95. The SMILES string of the molecule is CCN(CC)C(=O)c1ccc(-c2ccc(OCCCN3C(C)CCC3C)cc2)cc1. The minimum Gasteiger partial charge on any atom is -0.494 e. The van der Waals surface area contributed by atoms with Gasteiger partial charge in [0.05, 0.1) is 6.61 Å². The van der Waals surface area contributed by atoms with Gasteiger partial charge in [0, 0.05) is 37.3 Å². The van der Waals surface area contributed by atoms with E-state index in [4.69, 9.17) is 4.74 Å². The van der Waals surface area contributed by atoms with Gasteiger partial charge in [-0.2, -0.15) is 0 Å². The molecule has 1 heterocycles. The van der Waals surface area contributed by atoms with Crippen molar-refractivity contribution in [2.45, 2.75) is 59.0 Å². The molecule has 2 unspecified atom stereocenters. The van der Waals surface area contributed by atoms with Gasteiger partial charge < -0.3 is 9.64 Å². The number of carbonyl (C=O) groups excluding carboxylic acids is 1. The number of ether oxygens (including phenoxy) is 1. The van der Waals surface area contributed by atoms with E-state index < -0.39 is 0 Å². The fraction of sp³-hybridized carbons (Fsp3) is 0.500. The van der Waals surface area contributed by atoms with Gasteiger partial charge in [-0.25, -0.2) is 0 Å². The molecule has 4 nitrogen and oxygen atoms in total. The number of benzene rings is 2. The lowest BCUT2D eigenvalue weighted by Gasteiger charge is -2.25. The fourth-order valence-corrected chi connectivity index (χ4v) is 4.37. The van der Waals surface area contributed by atoms with Gasteiger partial charge in [-0.05, 0) is 82.3 Å². The minimum absolute atomic E-state index is 0.0908. The first-order chi connectivity index (χ1) is 14.5. The van der Waals surface area contributed by atoms with E-state index in [1.54, 1.807) is 0 Å². The molecule has 1 aliphatic heterocycles. The first-order valence-electron chi connectivity index (χ1n) is 11.4. The normalized spacial score (nSPS) is 19.1. The van der Waals surface area contributed by atoms with E-state index in [1.165, 1.54) is 12.8 Å². The fourth-order valence-electron chi connectivity index (χ4n) is 4.37. The monoisotopic (exact) mass is 408 g/mol. The van der Waals surface area contributed by atoms with Crippen molar-refractivity contribution in [1.29, 1.82) is 0 Å². The third kappa shape index (κ3) is 5.42. The van der Waals surface area contributed by atoms with Gasteiger partial charge in [0.15, 0.2) is 0 Å². The predicted octanol–water partition coefficient (Wildman–Crippen LogP) is 5.48. The molecule has 0 bridgehead atoms. The molecule has 2 aromatic carbocycles. The molecule has 2 aromatic rings. The predicted molar refractivity (Wildman–Crippen MR) is 124 cm³/mol. The average molecular weight is 409 g/mol. The van der Waals surface area contributed by atoms with Crippen molar-refractivity contribution in [3.8, 4) is 16.9 Å². The number of rotatable bonds is 9. The topological polar surface area (TPSA) is 32.8 Å². The van der Waals surface area contributed by atoms with Crippen LogP contribution < -0.4 is 4.74 Å². The van der Waals surface area contributed by atoms with Crippen molar-refractivity contribution in [1.82, 2.24) is 9.80 Å². The van der Waals surface area contributed by atoms with Crippen LogP contribution in [0.1, 0.15) is 57.3 Å².